The van der Waals surface area contributed by atoms with Crippen molar-refractivity contribution < 1.29 is 28.2 Å². The highest BCUT2D eigenvalue weighted by atomic mass is 127. The minimum absolute atomic E-state index is 0.0159. The van der Waals surface area contributed by atoms with Crippen LogP contribution >= 0.6 is 22.6 Å². The Balaban J connectivity index is 2.01. The molecule has 0 atom stereocenters. The number of hydrogen-bond acceptors (Lipinski definition) is 4. The van der Waals surface area contributed by atoms with Gasteiger partial charge in [-0.25, -0.2) is 13.6 Å². The topological polar surface area (TPSA) is 114 Å². The van der Waals surface area contributed by atoms with E-state index in [4.69, 9.17) is 15.6 Å². The van der Waals surface area contributed by atoms with E-state index in [1.807, 2.05) is 22.6 Å². The minimum atomic E-state index is -1.28. The molecule has 7 nitrogen and oxygen atoms in total. The van der Waals surface area contributed by atoms with Crippen LogP contribution < -0.4 is 21.1 Å². The van der Waals surface area contributed by atoms with Crippen LogP contribution in [0.1, 0.15) is 10.4 Å². The lowest BCUT2D eigenvalue weighted by atomic mass is 10.1. The molecule has 10 heteroatoms. The SMILES string of the molecule is NC(=O)c1c(Nc2ccc(I)cc2F)cc(F)cc1Oc1cccc(NC(=O)O)c1. The van der Waals surface area contributed by atoms with Crippen molar-refractivity contribution in [2.24, 2.45) is 5.73 Å². The molecule has 2 amide bonds. The summed E-state index contributed by atoms with van der Waals surface area (Å²) in [6, 6.07) is 12.1. The normalized spacial score (nSPS) is 10.4. The van der Waals surface area contributed by atoms with Gasteiger partial charge in [0.1, 0.15) is 28.7 Å². The summed E-state index contributed by atoms with van der Waals surface area (Å²) in [5.74, 6) is -2.39. The van der Waals surface area contributed by atoms with Gasteiger partial charge in [-0.3, -0.25) is 10.1 Å². The number of carbonyl (C=O) groups excluding carboxylic acids is 1. The van der Waals surface area contributed by atoms with Crippen LogP contribution in [-0.4, -0.2) is 17.1 Å². The molecule has 0 unspecified atom stereocenters. The van der Waals surface area contributed by atoms with E-state index in [9.17, 15) is 18.4 Å². The van der Waals surface area contributed by atoms with E-state index in [1.54, 1.807) is 6.07 Å². The van der Waals surface area contributed by atoms with Crippen molar-refractivity contribution in [3.05, 3.63) is 75.4 Å². The van der Waals surface area contributed by atoms with E-state index in [0.29, 0.717) is 3.57 Å². The van der Waals surface area contributed by atoms with Gasteiger partial charge >= 0.3 is 6.09 Å². The summed E-state index contributed by atoms with van der Waals surface area (Å²) in [5.41, 5.74) is 5.40. The van der Waals surface area contributed by atoms with Crippen LogP contribution in [0.3, 0.4) is 0 Å². The summed E-state index contributed by atoms with van der Waals surface area (Å²) in [4.78, 5) is 22.9. The summed E-state index contributed by atoms with van der Waals surface area (Å²) in [5, 5.41) is 13.6. The van der Waals surface area contributed by atoms with Crippen molar-refractivity contribution >= 4 is 51.7 Å². The highest BCUT2D eigenvalue weighted by Gasteiger charge is 2.19. The second kappa shape index (κ2) is 8.95. The molecule has 0 aliphatic heterocycles. The van der Waals surface area contributed by atoms with Crippen molar-refractivity contribution in [3.8, 4) is 11.5 Å². The summed E-state index contributed by atoms with van der Waals surface area (Å²) in [7, 11) is 0. The highest BCUT2D eigenvalue weighted by Crippen LogP contribution is 2.34. The number of rotatable bonds is 6. The lowest BCUT2D eigenvalue weighted by Crippen LogP contribution is -2.15. The Bertz CT molecular complexity index is 1140. The smallest absolute Gasteiger partial charge is 0.409 e. The molecule has 0 saturated carbocycles. The largest absolute Gasteiger partial charge is 0.465 e. The number of carbonyl (C=O) groups is 2. The van der Waals surface area contributed by atoms with Crippen molar-refractivity contribution in [2.45, 2.75) is 0 Å². The van der Waals surface area contributed by atoms with Crippen LogP contribution in [0.15, 0.2) is 54.6 Å². The fourth-order valence-electron chi connectivity index (χ4n) is 2.64. The fraction of sp³-hybridized carbons (Fsp3) is 0. The summed E-state index contributed by atoms with van der Waals surface area (Å²) >= 11 is 1.94. The zero-order valence-corrected chi connectivity index (χ0v) is 17.2. The Morgan fingerprint density at radius 3 is 2.47 bits per heavy atom. The third kappa shape index (κ3) is 5.14. The van der Waals surface area contributed by atoms with Crippen molar-refractivity contribution in [3.63, 3.8) is 0 Å². The molecule has 0 fully saturated rings. The lowest BCUT2D eigenvalue weighted by Gasteiger charge is -2.16. The monoisotopic (exact) mass is 525 g/mol. The van der Waals surface area contributed by atoms with Crippen LogP contribution in [-0.2, 0) is 0 Å². The lowest BCUT2D eigenvalue weighted by molar-refractivity contribution is 0.0999. The number of halogens is 3. The molecule has 0 saturated heterocycles. The summed E-state index contributed by atoms with van der Waals surface area (Å²) in [6.07, 6.45) is -1.28. The number of nitrogens with two attached hydrogens (primary N) is 1. The molecule has 154 valence electrons. The number of amides is 2. The van der Waals surface area contributed by atoms with E-state index in [2.05, 4.69) is 10.6 Å². The first-order chi connectivity index (χ1) is 14.2. The maximum atomic E-state index is 14.2. The number of carboxylic acid groups (broad SMARTS) is 1. The van der Waals surface area contributed by atoms with Gasteiger partial charge in [-0.15, -0.1) is 0 Å². The molecule has 5 N–H and O–H groups in total. The fourth-order valence-corrected chi connectivity index (χ4v) is 3.09. The predicted octanol–water partition coefficient (Wildman–Crippen LogP) is 5.29. The van der Waals surface area contributed by atoms with Crippen LogP contribution in [0.2, 0.25) is 0 Å². The van der Waals surface area contributed by atoms with Crippen molar-refractivity contribution in [2.75, 3.05) is 10.6 Å². The average Bonchev–Trinajstić information content (AvgIpc) is 2.63. The molecular weight excluding hydrogens is 511 g/mol. The Hall–Kier alpha value is -3.41. The van der Waals surface area contributed by atoms with Crippen LogP contribution in [0, 0.1) is 15.2 Å². The Morgan fingerprint density at radius 1 is 1.03 bits per heavy atom. The molecule has 30 heavy (non-hydrogen) atoms. The van der Waals surface area contributed by atoms with E-state index in [1.165, 1.54) is 36.4 Å². The van der Waals surface area contributed by atoms with Gasteiger partial charge in [0.2, 0.25) is 0 Å². The first kappa shape index (κ1) is 21.3. The molecule has 0 aliphatic carbocycles. The van der Waals surface area contributed by atoms with Gasteiger partial charge < -0.3 is 20.9 Å². The van der Waals surface area contributed by atoms with E-state index in [0.717, 1.165) is 12.1 Å². The predicted molar refractivity (Wildman–Crippen MR) is 115 cm³/mol. The number of benzene rings is 3. The number of hydrogen-bond donors (Lipinski definition) is 4. The summed E-state index contributed by atoms with van der Waals surface area (Å²) < 4.78 is 34.7. The van der Waals surface area contributed by atoms with Crippen LogP contribution in [0.4, 0.5) is 30.6 Å². The van der Waals surface area contributed by atoms with Gasteiger partial charge in [-0.2, -0.15) is 0 Å². The molecule has 0 spiro atoms. The number of primary amides is 1. The Morgan fingerprint density at radius 2 is 1.80 bits per heavy atom. The second-order valence-electron chi connectivity index (χ2n) is 6.00. The van der Waals surface area contributed by atoms with E-state index in [-0.39, 0.29) is 34.1 Å². The van der Waals surface area contributed by atoms with E-state index >= 15 is 0 Å². The maximum Gasteiger partial charge on any atom is 0.409 e. The molecule has 3 aromatic carbocycles. The number of anilines is 3. The number of nitrogens with one attached hydrogen (secondary N) is 2. The highest BCUT2D eigenvalue weighted by molar-refractivity contribution is 14.1. The van der Waals surface area contributed by atoms with Gasteiger partial charge in [0.15, 0.2) is 0 Å². The number of ether oxygens (including phenoxy) is 1. The van der Waals surface area contributed by atoms with Gasteiger partial charge in [0.05, 0.1) is 11.4 Å². The first-order valence-corrected chi connectivity index (χ1v) is 9.44. The third-order valence-electron chi connectivity index (χ3n) is 3.83. The van der Waals surface area contributed by atoms with Gasteiger partial charge in [0.25, 0.3) is 5.91 Å². The first-order valence-electron chi connectivity index (χ1n) is 8.36. The average molecular weight is 525 g/mol. The third-order valence-corrected chi connectivity index (χ3v) is 4.50. The van der Waals surface area contributed by atoms with Gasteiger partial charge in [-0.05, 0) is 59.0 Å². The zero-order chi connectivity index (χ0) is 21.8. The molecule has 3 rings (SSSR count). The summed E-state index contributed by atoms with van der Waals surface area (Å²) in [6.45, 7) is 0. The Kier molecular flexibility index (Phi) is 6.35. The molecular formula is C20H14F2IN3O4. The standard InChI is InChI=1S/C20H14F2IN3O4/c21-10-6-16(26-15-5-4-11(23)8-14(15)22)18(19(24)27)17(7-10)30-13-3-1-2-12(9-13)25-20(28)29/h1-9,25-26H,(H2,24,27)(H,28,29). The van der Waals surface area contributed by atoms with Crippen molar-refractivity contribution in [1.82, 2.24) is 0 Å². The molecule has 0 aliphatic rings. The molecule has 0 radical (unpaired) electrons. The molecule has 3 aromatic rings. The zero-order valence-electron chi connectivity index (χ0n) is 15.1. The van der Waals surface area contributed by atoms with Gasteiger partial charge in [-0.1, -0.05) is 6.07 Å². The second-order valence-corrected chi connectivity index (χ2v) is 7.25. The minimum Gasteiger partial charge on any atom is -0.465 e. The van der Waals surface area contributed by atoms with Gasteiger partial charge in [0, 0.05) is 21.4 Å². The van der Waals surface area contributed by atoms with Crippen LogP contribution in [0.5, 0.6) is 11.5 Å². The van der Waals surface area contributed by atoms with Crippen molar-refractivity contribution in [1.29, 1.82) is 0 Å². The molecule has 0 heterocycles. The quantitative estimate of drug-likeness (QED) is 0.327. The van der Waals surface area contributed by atoms with E-state index < -0.39 is 23.6 Å². The van der Waals surface area contributed by atoms with Crippen LogP contribution in [0.25, 0.3) is 0 Å². The maximum absolute atomic E-state index is 14.2. The Labute approximate surface area is 183 Å². The molecule has 0 aromatic heterocycles. The molecule has 0 bridgehead atoms.